The fraction of sp³-hybridized carbons (Fsp3) is 0.333. The summed E-state index contributed by atoms with van der Waals surface area (Å²) >= 11 is 3.22. The number of hydrogen-bond donors (Lipinski definition) is 3. The van der Waals surface area contributed by atoms with Gasteiger partial charge in [-0.05, 0) is 19.1 Å². The summed E-state index contributed by atoms with van der Waals surface area (Å²) in [6, 6.07) is 4.47. The molecule has 0 unspecified atom stereocenters. The van der Waals surface area contributed by atoms with Crippen LogP contribution < -0.4 is 5.73 Å². The molecule has 2 atom stereocenters. The van der Waals surface area contributed by atoms with E-state index in [9.17, 15) is 10.2 Å². The summed E-state index contributed by atoms with van der Waals surface area (Å²) in [5, 5.41) is 18.7. The van der Waals surface area contributed by atoms with Gasteiger partial charge in [0.05, 0.1) is 12.1 Å². The van der Waals surface area contributed by atoms with Crippen LogP contribution in [0.1, 0.15) is 18.5 Å². The van der Waals surface area contributed by atoms with Gasteiger partial charge in [-0.1, -0.05) is 22.0 Å². The van der Waals surface area contributed by atoms with Crippen LogP contribution >= 0.6 is 15.9 Å². The third kappa shape index (κ3) is 2.43. The van der Waals surface area contributed by atoms with Crippen LogP contribution in [0, 0.1) is 0 Å². The molecule has 1 aromatic carbocycles. The number of benzene rings is 1. The molecule has 4 N–H and O–H groups in total. The van der Waals surface area contributed by atoms with Crippen molar-refractivity contribution in [3.05, 3.63) is 28.2 Å². The number of nitrogens with two attached hydrogens (primary N) is 1. The highest BCUT2D eigenvalue weighted by atomic mass is 79.9. The van der Waals surface area contributed by atoms with E-state index in [4.69, 9.17) is 5.73 Å². The minimum absolute atomic E-state index is 0.0998. The lowest BCUT2D eigenvalue weighted by molar-refractivity contribution is 0.163. The summed E-state index contributed by atoms with van der Waals surface area (Å²) < 4.78 is 0.784. The van der Waals surface area contributed by atoms with Crippen molar-refractivity contribution in [2.24, 2.45) is 5.73 Å². The van der Waals surface area contributed by atoms with Crippen molar-refractivity contribution in [1.82, 2.24) is 0 Å². The quantitative estimate of drug-likeness (QED) is 0.741. The predicted molar refractivity (Wildman–Crippen MR) is 54.4 cm³/mol. The van der Waals surface area contributed by atoms with Gasteiger partial charge in [-0.15, -0.1) is 0 Å². The highest BCUT2D eigenvalue weighted by Gasteiger charge is 2.15. The largest absolute Gasteiger partial charge is 0.508 e. The highest BCUT2D eigenvalue weighted by molar-refractivity contribution is 9.10. The van der Waals surface area contributed by atoms with Crippen molar-refractivity contribution in [3.8, 4) is 5.75 Å². The molecule has 0 aliphatic heterocycles. The van der Waals surface area contributed by atoms with Gasteiger partial charge in [0.2, 0.25) is 0 Å². The molecule has 0 fully saturated rings. The summed E-state index contributed by atoms with van der Waals surface area (Å²) in [6.45, 7) is 1.59. The van der Waals surface area contributed by atoms with E-state index in [1.165, 1.54) is 0 Å². The molecule has 0 aromatic heterocycles. The van der Waals surface area contributed by atoms with Gasteiger partial charge in [0.25, 0.3) is 0 Å². The van der Waals surface area contributed by atoms with Gasteiger partial charge in [0.15, 0.2) is 0 Å². The maximum atomic E-state index is 9.49. The number of aliphatic hydroxyl groups is 1. The van der Waals surface area contributed by atoms with Crippen LogP contribution in [0.25, 0.3) is 0 Å². The van der Waals surface area contributed by atoms with Crippen LogP contribution in [0.5, 0.6) is 5.75 Å². The van der Waals surface area contributed by atoms with Crippen LogP contribution in [0.3, 0.4) is 0 Å². The van der Waals surface area contributed by atoms with Gasteiger partial charge < -0.3 is 15.9 Å². The van der Waals surface area contributed by atoms with E-state index >= 15 is 0 Å². The first-order chi connectivity index (χ1) is 6.02. The summed E-state index contributed by atoms with van der Waals surface area (Å²) in [5.74, 6) is 0.0998. The summed E-state index contributed by atoms with van der Waals surface area (Å²) in [4.78, 5) is 0. The molecule has 0 radical (unpaired) electrons. The second-order valence-electron chi connectivity index (χ2n) is 2.97. The molecule has 0 saturated heterocycles. The normalized spacial score (nSPS) is 15.4. The van der Waals surface area contributed by atoms with Crippen LogP contribution in [-0.4, -0.2) is 16.3 Å². The van der Waals surface area contributed by atoms with Crippen LogP contribution in [0.4, 0.5) is 0 Å². The zero-order valence-corrected chi connectivity index (χ0v) is 8.82. The zero-order chi connectivity index (χ0) is 10.0. The average molecular weight is 246 g/mol. The summed E-state index contributed by atoms with van der Waals surface area (Å²) in [7, 11) is 0. The van der Waals surface area contributed by atoms with Crippen LogP contribution in [-0.2, 0) is 0 Å². The van der Waals surface area contributed by atoms with Crippen LogP contribution in [0.15, 0.2) is 22.7 Å². The topological polar surface area (TPSA) is 66.5 Å². The first kappa shape index (κ1) is 10.5. The zero-order valence-electron chi connectivity index (χ0n) is 7.24. The Kier molecular flexibility index (Phi) is 3.30. The SMILES string of the molecule is C[C@@H](O)[C@@H](N)c1ccc(Br)cc1O. The van der Waals surface area contributed by atoms with Crippen molar-refractivity contribution in [2.75, 3.05) is 0 Å². The number of hydrogen-bond acceptors (Lipinski definition) is 3. The van der Waals surface area contributed by atoms with E-state index in [2.05, 4.69) is 15.9 Å². The Bertz CT molecular complexity index is 302. The molecule has 0 heterocycles. The Morgan fingerprint density at radius 2 is 2.08 bits per heavy atom. The average Bonchev–Trinajstić information content (AvgIpc) is 2.03. The third-order valence-electron chi connectivity index (χ3n) is 1.87. The molecular formula is C9H12BrNO2. The lowest BCUT2D eigenvalue weighted by Gasteiger charge is -2.16. The van der Waals surface area contributed by atoms with Gasteiger partial charge >= 0.3 is 0 Å². The van der Waals surface area contributed by atoms with Crippen molar-refractivity contribution < 1.29 is 10.2 Å². The molecule has 4 heteroatoms. The summed E-state index contributed by atoms with van der Waals surface area (Å²) in [5.41, 5.74) is 6.22. The molecule has 13 heavy (non-hydrogen) atoms. The Morgan fingerprint density at radius 1 is 1.46 bits per heavy atom. The first-order valence-corrected chi connectivity index (χ1v) is 4.73. The second kappa shape index (κ2) is 4.09. The fourth-order valence-corrected chi connectivity index (χ4v) is 1.41. The monoisotopic (exact) mass is 245 g/mol. The number of phenols is 1. The number of halogens is 1. The minimum Gasteiger partial charge on any atom is -0.508 e. The minimum atomic E-state index is -0.674. The maximum Gasteiger partial charge on any atom is 0.121 e. The van der Waals surface area contributed by atoms with Gasteiger partial charge in [-0.2, -0.15) is 0 Å². The fourth-order valence-electron chi connectivity index (χ4n) is 1.06. The molecule has 0 amide bonds. The van der Waals surface area contributed by atoms with E-state index in [1.807, 2.05) is 0 Å². The Hall–Kier alpha value is -0.580. The smallest absolute Gasteiger partial charge is 0.121 e. The van der Waals surface area contributed by atoms with Gasteiger partial charge in [-0.25, -0.2) is 0 Å². The first-order valence-electron chi connectivity index (χ1n) is 3.94. The van der Waals surface area contributed by atoms with E-state index in [1.54, 1.807) is 25.1 Å². The van der Waals surface area contributed by atoms with Gasteiger partial charge in [-0.3, -0.25) is 0 Å². The molecule has 0 spiro atoms. The standard InChI is InChI=1S/C9H12BrNO2/c1-5(12)9(11)7-3-2-6(10)4-8(7)13/h2-5,9,12-13H,11H2,1H3/t5-,9-/m1/s1. The van der Waals surface area contributed by atoms with Gasteiger partial charge in [0, 0.05) is 10.0 Å². The lowest BCUT2D eigenvalue weighted by Crippen LogP contribution is -2.23. The van der Waals surface area contributed by atoms with E-state index in [-0.39, 0.29) is 5.75 Å². The number of phenolic OH excluding ortho intramolecular Hbond substituents is 1. The third-order valence-corrected chi connectivity index (χ3v) is 2.36. The molecular weight excluding hydrogens is 234 g/mol. The molecule has 1 aromatic rings. The molecule has 0 saturated carbocycles. The van der Waals surface area contributed by atoms with Crippen molar-refractivity contribution in [1.29, 1.82) is 0 Å². The molecule has 1 rings (SSSR count). The molecule has 0 bridgehead atoms. The Labute approximate surface area is 85.3 Å². The van der Waals surface area contributed by atoms with Crippen molar-refractivity contribution in [3.63, 3.8) is 0 Å². The van der Waals surface area contributed by atoms with Crippen LogP contribution in [0.2, 0.25) is 0 Å². The number of aromatic hydroxyl groups is 1. The van der Waals surface area contributed by atoms with E-state index < -0.39 is 12.1 Å². The molecule has 0 aliphatic carbocycles. The molecule has 72 valence electrons. The number of rotatable bonds is 2. The van der Waals surface area contributed by atoms with E-state index in [0.29, 0.717) is 5.56 Å². The molecule has 3 nitrogen and oxygen atoms in total. The van der Waals surface area contributed by atoms with Gasteiger partial charge in [0.1, 0.15) is 5.75 Å². The Morgan fingerprint density at radius 3 is 2.54 bits per heavy atom. The van der Waals surface area contributed by atoms with Crippen molar-refractivity contribution in [2.45, 2.75) is 19.1 Å². The highest BCUT2D eigenvalue weighted by Crippen LogP contribution is 2.27. The van der Waals surface area contributed by atoms with Crippen molar-refractivity contribution >= 4 is 15.9 Å². The molecule has 0 aliphatic rings. The lowest BCUT2D eigenvalue weighted by atomic mass is 10.0. The van der Waals surface area contributed by atoms with E-state index in [0.717, 1.165) is 4.47 Å². The number of aliphatic hydroxyl groups excluding tert-OH is 1. The predicted octanol–water partition coefficient (Wildman–Crippen LogP) is 1.54. The Balaban J connectivity index is 3.01. The second-order valence-corrected chi connectivity index (χ2v) is 3.89. The summed E-state index contributed by atoms with van der Waals surface area (Å²) in [6.07, 6.45) is -0.674. The maximum absolute atomic E-state index is 9.49.